The van der Waals surface area contributed by atoms with Crippen molar-refractivity contribution in [3.8, 4) is 6.07 Å². The minimum absolute atomic E-state index is 0.00655. The number of nitrogens with one attached hydrogen (secondary N) is 1. The lowest BCUT2D eigenvalue weighted by molar-refractivity contribution is -0.140. The third-order valence-corrected chi connectivity index (χ3v) is 6.18. The number of imide groups is 1. The van der Waals surface area contributed by atoms with E-state index in [0.29, 0.717) is 31.7 Å². The lowest BCUT2D eigenvalue weighted by atomic mass is 9.88. The standard InChI is InChI=1S/C23H27N5O5/c1-22(2,3)33-21(32)27-10-8-26(9-11-27)16-5-4-15-13-28(19(30)17(15)12-16)23(14-24)7-6-18(29)25-20(23)31/h4-5,12H,6-11,13H2,1-3H3,(H,25,29,31)/t23-/m1/s1. The molecule has 3 aliphatic heterocycles. The van der Waals surface area contributed by atoms with Crippen molar-refractivity contribution in [1.82, 2.24) is 15.1 Å². The summed E-state index contributed by atoms with van der Waals surface area (Å²) in [4.78, 5) is 54.6. The highest BCUT2D eigenvalue weighted by atomic mass is 16.6. The zero-order valence-electron chi connectivity index (χ0n) is 19.0. The molecule has 0 aromatic heterocycles. The molecule has 0 spiro atoms. The average Bonchev–Trinajstić information content (AvgIpc) is 3.09. The van der Waals surface area contributed by atoms with E-state index in [4.69, 9.17) is 4.74 Å². The summed E-state index contributed by atoms with van der Waals surface area (Å²) >= 11 is 0. The zero-order valence-corrected chi connectivity index (χ0v) is 19.0. The van der Waals surface area contributed by atoms with Crippen LogP contribution in [0.4, 0.5) is 10.5 Å². The van der Waals surface area contributed by atoms with Crippen LogP contribution in [0.1, 0.15) is 49.5 Å². The number of fused-ring (bicyclic) bond motifs is 1. The Hall–Kier alpha value is -3.61. The Labute approximate surface area is 192 Å². The summed E-state index contributed by atoms with van der Waals surface area (Å²) in [6.07, 6.45) is -0.354. The topological polar surface area (TPSA) is 123 Å². The molecule has 1 N–H and O–H groups in total. The Bertz CT molecular complexity index is 1060. The maximum atomic E-state index is 13.2. The van der Waals surface area contributed by atoms with Gasteiger partial charge in [0.25, 0.3) is 11.8 Å². The first-order chi connectivity index (χ1) is 15.5. The molecule has 0 saturated carbocycles. The normalized spacial score (nSPS) is 23.2. The first-order valence-electron chi connectivity index (χ1n) is 11.0. The Morgan fingerprint density at radius 1 is 1.15 bits per heavy atom. The fourth-order valence-corrected chi connectivity index (χ4v) is 4.39. The van der Waals surface area contributed by atoms with E-state index in [1.165, 1.54) is 4.90 Å². The fourth-order valence-electron chi connectivity index (χ4n) is 4.39. The van der Waals surface area contributed by atoms with Gasteiger partial charge in [-0.2, -0.15) is 5.26 Å². The van der Waals surface area contributed by atoms with Crippen LogP contribution in [0.5, 0.6) is 0 Å². The van der Waals surface area contributed by atoms with Gasteiger partial charge in [0.15, 0.2) is 0 Å². The van der Waals surface area contributed by atoms with Gasteiger partial charge in [0.05, 0.1) is 0 Å². The molecule has 1 aromatic rings. The van der Waals surface area contributed by atoms with Crippen LogP contribution >= 0.6 is 0 Å². The number of hydrogen-bond donors (Lipinski definition) is 1. The van der Waals surface area contributed by atoms with Crippen LogP contribution in [0.2, 0.25) is 0 Å². The number of benzene rings is 1. The van der Waals surface area contributed by atoms with Gasteiger partial charge in [0, 0.05) is 56.8 Å². The fraction of sp³-hybridized carbons (Fsp3) is 0.522. The summed E-state index contributed by atoms with van der Waals surface area (Å²) in [5.41, 5.74) is -0.230. The number of carbonyl (C=O) groups excluding carboxylic acids is 4. The molecule has 4 rings (SSSR count). The van der Waals surface area contributed by atoms with Crippen molar-refractivity contribution in [3.63, 3.8) is 0 Å². The predicted octanol–water partition coefficient (Wildman–Crippen LogP) is 1.40. The lowest BCUT2D eigenvalue weighted by Gasteiger charge is -2.37. The van der Waals surface area contributed by atoms with Crippen molar-refractivity contribution in [3.05, 3.63) is 29.3 Å². The Kier molecular flexibility index (Phi) is 5.52. The number of nitriles is 1. The number of piperazine rings is 1. The number of rotatable bonds is 2. The van der Waals surface area contributed by atoms with E-state index in [2.05, 4.69) is 10.2 Å². The van der Waals surface area contributed by atoms with Gasteiger partial charge in [-0.1, -0.05) is 6.07 Å². The SMILES string of the molecule is CC(C)(C)OC(=O)N1CCN(c2ccc3c(c2)C(=O)N([C@@]2(C#N)CCC(=O)NC2=O)C3)CC1. The van der Waals surface area contributed by atoms with Crippen LogP contribution in [-0.4, -0.2) is 70.9 Å². The molecule has 3 aliphatic rings. The van der Waals surface area contributed by atoms with Crippen LogP contribution in [0.25, 0.3) is 0 Å². The van der Waals surface area contributed by atoms with Gasteiger partial charge in [-0.25, -0.2) is 4.79 Å². The molecule has 10 nitrogen and oxygen atoms in total. The molecule has 33 heavy (non-hydrogen) atoms. The molecule has 2 saturated heterocycles. The largest absolute Gasteiger partial charge is 0.444 e. The van der Waals surface area contributed by atoms with Gasteiger partial charge in [-0.3, -0.25) is 19.7 Å². The zero-order chi connectivity index (χ0) is 24.0. The smallest absolute Gasteiger partial charge is 0.410 e. The lowest BCUT2D eigenvalue weighted by Crippen LogP contribution is -2.62. The Morgan fingerprint density at radius 2 is 1.85 bits per heavy atom. The number of amides is 4. The van der Waals surface area contributed by atoms with E-state index in [0.717, 1.165) is 11.3 Å². The van der Waals surface area contributed by atoms with E-state index in [1.54, 1.807) is 11.0 Å². The quantitative estimate of drug-likeness (QED) is 0.672. The van der Waals surface area contributed by atoms with Crippen LogP contribution in [0.3, 0.4) is 0 Å². The number of ether oxygens (including phenoxy) is 1. The number of carbonyl (C=O) groups is 4. The number of nitrogens with zero attached hydrogens (tertiary/aromatic N) is 4. The van der Waals surface area contributed by atoms with Gasteiger partial charge in [-0.15, -0.1) is 0 Å². The molecule has 4 amide bonds. The second-order valence-electron chi connectivity index (χ2n) is 9.54. The van der Waals surface area contributed by atoms with E-state index < -0.39 is 28.9 Å². The van der Waals surface area contributed by atoms with Crippen molar-refractivity contribution in [2.24, 2.45) is 0 Å². The number of anilines is 1. The highest BCUT2D eigenvalue weighted by Gasteiger charge is 2.52. The molecule has 0 aliphatic carbocycles. The first kappa shape index (κ1) is 22.6. The summed E-state index contributed by atoms with van der Waals surface area (Å²) in [6, 6.07) is 7.50. The van der Waals surface area contributed by atoms with Gasteiger partial charge < -0.3 is 19.4 Å². The van der Waals surface area contributed by atoms with Gasteiger partial charge in [0.1, 0.15) is 11.7 Å². The molecule has 0 unspecified atom stereocenters. The van der Waals surface area contributed by atoms with E-state index in [9.17, 15) is 24.4 Å². The molecule has 1 aromatic carbocycles. The molecule has 0 radical (unpaired) electrons. The highest BCUT2D eigenvalue weighted by Crippen LogP contribution is 2.35. The third kappa shape index (κ3) is 4.11. The highest BCUT2D eigenvalue weighted by molar-refractivity contribution is 6.09. The molecular formula is C23H27N5O5. The van der Waals surface area contributed by atoms with E-state index >= 15 is 0 Å². The predicted molar refractivity (Wildman–Crippen MR) is 117 cm³/mol. The maximum Gasteiger partial charge on any atom is 0.410 e. The average molecular weight is 453 g/mol. The van der Waals surface area contributed by atoms with Gasteiger partial charge in [-0.05, 0) is 38.5 Å². The molecular weight excluding hydrogens is 426 g/mol. The van der Waals surface area contributed by atoms with Crippen LogP contribution in [-0.2, 0) is 20.9 Å². The number of hydrogen-bond acceptors (Lipinski definition) is 7. The van der Waals surface area contributed by atoms with Gasteiger partial charge >= 0.3 is 6.09 Å². The van der Waals surface area contributed by atoms with Crippen molar-refractivity contribution >= 4 is 29.5 Å². The maximum absolute atomic E-state index is 13.2. The van der Waals surface area contributed by atoms with Crippen LogP contribution < -0.4 is 10.2 Å². The minimum atomic E-state index is -1.69. The Morgan fingerprint density at radius 3 is 2.45 bits per heavy atom. The van der Waals surface area contributed by atoms with Crippen molar-refractivity contribution in [2.45, 2.75) is 51.3 Å². The minimum Gasteiger partial charge on any atom is -0.444 e. The summed E-state index contributed by atoms with van der Waals surface area (Å²) in [5, 5.41) is 12.0. The molecule has 3 heterocycles. The second-order valence-corrected chi connectivity index (χ2v) is 9.54. The summed E-state index contributed by atoms with van der Waals surface area (Å²) < 4.78 is 5.44. The van der Waals surface area contributed by atoms with Crippen molar-refractivity contribution in [1.29, 1.82) is 5.26 Å². The third-order valence-electron chi connectivity index (χ3n) is 6.18. The summed E-state index contributed by atoms with van der Waals surface area (Å²) in [6.45, 7) is 7.79. The summed E-state index contributed by atoms with van der Waals surface area (Å²) in [5.74, 6) is -1.59. The van der Waals surface area contributed by atoms with E-state index in [-0.39, 0.29) is 25.5 Å². The molecule has 10 heteroatoms. The molecule has 174 valence electrons. The monoisotopic (exact) mass is 453 g/mol. The second kappa shape index (κ2) is 8.06. The first-order valence-corrected chi connectivity index (χ1v) is 11.0. The molecule has 1 atom stereocenters. The van der Waals surface area contributed by atoms with E-state index in [1.807, 2.05) is 39.0 Å². The molecule has 0 bridgehead atoms. The summed E-state index contributed by atoms with van der Waals surface area (Å²) in [7, 11) is 0. The van der Waals surface area contributed by atoms with Crippen LogP contribution in [0.15, 0.2) is 18.2 Å². The van der Waals surface area contributed by atoms with Crippen LogP contribution in [0, 0.1) is 11.3 Å². The van der Waals surface area contributed by atoms with Gasteiger partial charge in [0.2, 0.25) is 11.4 Å². The van der Waals surface area contributed by atoms with Crippen molar-refractivity contribution < 1.29 is 23.9 Å². The molecule has 2 fully saturated rings. The Balaban J connectivity index is 1.47. The van der Waals surface area contributed by atoms with Crippen molar-refractivity contribution in [2.75, 3.05) is 31.1 Å². The number of piperidine rings is 1.